The van der Waals surface area contributed by atoms with Gasteiger partial charge in [-0.15, -0.1) is 0 Å². The summed E-state index contributed by atoms with van der Waals surface area (Å²) in [6.07, 6.45) is 2.31. The van der Waals surface area contributed by atoms with E-state index in [1.807, 2.05) is 24.3 Å². The molecule has 0 saturated carbocycles. The first-order valence-corrected chi connectivity index (χ1v) is 8.10. The molecular formula is C14H21N2O3P. The molecule has 2 rings (SSSR count). The van der Waals surface area contributed by atoms with Crippen molar-refractivity contribution in [1.29, 1.82) is 0 Å². The van der Waals surface area contributed by atoms with Crippen molar-refractivity contribution in [2.24, 2.45) is 5.73 Å². The number of carboxylic acid groups (broad SMARTS) is 1. The summed E-state index contributed by atoms with van der Waals surface area (Å²) in [6.45, 7) is 1.73. The van der Waals surface area contributed by atoms with Gasteiger partial charge in [-0.25, -0.2) is 0 Å². The van der Waals surface area contributed by atoms with Crippen molar-refractivity contribution in [2.45, 2.75) is 24.7 Å². The molecule has 0 amide bonds. The van der Waals surface area contributed by atoms with Gasteiger partial charge in [0.1, 0.15) is 6.04 Å². The number of anilines is 1. The number of hydrogen-bond acceptors (Lipinski definition) is 4. The third kappa shape index (κ3) is 4.75. The first kappa shape index (κ1) is 15.2. The fraction of sp³-hybridized carbons (Fsp3) is 0.500. The lowest BCUT2D eigenvalue weighted by Crippen LogP contribution is -2.30. The van der Waals surface area contributed by atoms with Crippen molar-refractivity contribution < 1.29 is 14.6 Å². The molecule has 3 unspecified atom stereocenters. The van der Waals surface area contributed by atoms with Crippen molar-refractivity contribution in [1.82, 2.24) is 0 Å². The first-order chi connectivity index (χ1) is 9.65. The summed E-state index contributed by atoms with van der Waals surface area (Å²) in [5.74, 6) is -0.594. The van der Waals surface area contributed by atoms with Gasteiger partial charge in [0.2, 0.25) is 0 Å². The summed E-state index contributed by atoms with van der Waals surface area (Å²) in [4.78, 5) is 10.6. The zero-order chi connectivity index (χ0) is 14.4. The van der Waals surface area contributed by atoms with E-state index in [9.17, 15) is 4.79 Å². The van der Waals surface area contributed by atoms with Crippen molar-refractivity contribution in [3.63, 3.8) is 0 Å². The average molecular weight is 296 g/mol. The Morgan fingerprint density at radius 2 is 2.25 bits per heavy atom. The normalized spacial score (nSPS) is 20.9. The van der Waals surface area contributed by atoms with Crippen LogP contribution in [-0.4, -0.2) is 42.3 Å². The number of nitrogens with one attached hydrogen (secondary N) is 1. The number of nitrogens with two attached hydrogens (primary N) is 1. The molecule has 4 N–H and O–H groups in total. The summed E-state index contributed by atoms with van der Waals surface area (Å²) in [7, 11) is 0.889. The third-order valence-corrected chi connectivity index (χ3v) is 4.62. The number of carbonyl (C=O) groups is 1. The molecule has 1 saturated heterocycles. The lowest BCUT2D eigenvalue weighted by molar-refractivity contribution is -0.138. The van der Waals surface area contributed by atoms with Gasteiger partial charge >= 0.3 is 5.97 Å². The standard InChI is InChI=1S/C14H21N2O3P/c15-12(14(17)18)6-3-10-1-4-11(5-2-10)16-9-13-19-7-8-20-13/h1-2,4-5,12-13,16,20H,3,6-9,15H2,(H,17,18). The highest BCUT2D eigenvalue weighted by Gasteiger charge is 2.14. The molecule has 0 spiro atoms. The van der Waals surface area contributed by atoms with E-state index in [-0.39, 0.29) is 0 Å². The van der Waals surface area contributed by atoms with Gasteiger partial charge in [0.05, 0.1) is 12.5 Å². The van der Waals surface area contributed by atoms with Crippen LogP contribution in [0.15, 0.2) is 24.3 Å². The number of aliphatic carboxylic acids is 1. The number of hydrogen-bond donors (Lipinski definition) is 3. The van der Waals surface area contributed by atoms with Crippen LogP contribution in [0.5, 0.6) is 0 Å². The molecule has 20 heavy (non-hydrogen) atoms. The van der Waals surface area contributed by atoms with Crippen molar-refractivity contribution >= 4 is 20.2 Å². The van der Waals surface area contributed by atoms with Crippen LogP contribution >= 0.6 is 8.58 Å². The maximum absolute atomic E-state index is 10.6. The van der Waals surface area contributed by atoms with E-state index in [4.69, 9.17) is 15.6 Å². The molecule has 110 valence electrons. The summed E-state index contributed by atoms with van der Waals surface area (Å²) < 4.78 is 5.57. The van der Waals surface area contributed by atoms with Gasteiger partial charge in [-0.2, -0.15) is 0 Å². The monoisotopic (exact) mass is 296 g/mol. The Hall–Kier alpha value is -1.16. The van der Waals surface area contributed by atoms with Gasteiger partial charge in [0, 0.05) is 12.2 Å². The molecule has 1 aliphatic rings. The molecular weight excluding hydrogens is 275 g/mol. The van der Waals surface area contributed by atoms with E-state index < -0.39 is 12.0 Å². The Bertz CT molecular complexity index is 433. The summed E-state index contributed by atoms with van der Waals surface area (Å²) >= 11 is 0. The SMILES string of the molecule is NC(CCc1ccc(NCC2OCCP2)cc1)C(=O)O. The molecule has 5 nitrogen and oxygen atoms in total. The van der Waals surface area contributed by atoms with E-state index >= 15 is 0 Å². The van der Waals surface area contributed by atoms with E-state index in [1.165, 1.54) is 6.16 Å². The highest BCUT2D eigenvalue weighted by Crippen LogP contribution is 2.26. The number of rotatable bonds is 7. The van der Waals surface area contributed by atoms with Crippen LogP contribution in [0, 0.1) is 0 Å². The van der Waals surface area contributed by atoms with Crippen molar-refractivity contribution in [3.8, 4) is 0 Å². The molecule has 1 fully saturated rings. The number of carboxylic acids is 1. The van der Waals surface area contributed by atoms with Crippen LogP contribution in [0.25, 0.3) is 0 Å². The fourth-order valence-corrected chi connectivity index (χ4v) is 3.10. The van der Waals surface area contributed by atoms with Crippen LogP contribution in [0.3, 0.4) is 0 Å². The molecule has 1 aromatic carbocycles. The Balaban J connectivity index is 1.75. The summed E-state index contributed by atoms with van der Waals surface area (Å²) in [5, 5.41) is 12.1. The maximum atomic E-state index is 10.6. The van der Waals surface area contributed by atoms with E-state index in [0.29, 0.717) is 18.7 Å². The Morgan fingerprint density at radius 1 is 1.50 bits per heavy atom. The van der Waals surface area contributed by atoms with Crippen LogP contribution < -0.4 is 11.1 Å². The smallest absolute Gasteiger partial charge is 0.320 e. The predicted octanol–water partition coefficient (Wildman–Crippen LogP) is 1.48. The predicted molar refractivity (Wildman–Crippen MR) is 81.8 cm³/mol. The zero-order valence-electron chi connectivity index (χ0n) is 11.3. The van der Waals surface area contributed by atoms with Gasteiger partial charge in [-0.1, -0.05) is 20.7 Å². The average Bonchev–Trinajstić information content (AvgIpc) is 2.96. The van der Waals surface area contributed by atoms with Gasteiger partial charge in [0.15, 0.2) is 0 Å². The molecule has 6 heteroatoms. The lowest BCUT2D eigenvalue weighted by Gasteiger charge is -2.12. The van der Waals surface area contributed by atoms with E-state index in [1.54, 1.807) is 0 Å². The molecule has 0 aromatic heterocycles. The molecule has 0 bridgehead atoms. The highest BCUT2D eigenvalue weighted by molar-refractivity contribution is 7.39. The molecule has 3 atom stereocenters. The van der Waals surface area contributed by atoms with E-state index in [0.717, 1.165) is 33.0 Å². The van der Waals surface area contributed by atoms with Crippen molar-refractivity contribution in [3.05, 3.63) is 29.8 Å². The topological polar surface area (TPSA) is 84.6 Å². The largest absolute Gasteiger partial charge is 0.480 e. The second kappa shape index (κ2) is 7.58. The third-order valence-electron chi connectivity index (χ3n) is 3.30. The number of ether oxygens (including phenoxy) is 1. The Labute approximate surface area is 120 Å². The minimum atomic E-state index is -0.944. The van der Waals surface area contributed by atoms with Gasteiger partial charge in [-0.05, 0) is 36.7 Å². The summed E-state index contributed by atoms with van der Waals surface area (Å²) in [6, 6.07) is 7.26. The lowest BCUT2D eigenvalue weighted by atomic mass is 10.1. The van der Waals surface area contributed by atoms with Crippen LogP contribution in [0.1, 0.15) is 12.0 Å². The van der Waals surface area contributed by atoms with Gasteiger partial charge in [-0.3, -0.25) is 4.79 Å². The summed E-state index contributed by atoms with van der Waals surface area (Å²) in [5.41, 5.74) is 7.66. The zero-order valence-corrected chi connectivity index (χ0v) is 12.3. The number of aryl methyl sites for hydroxylation is 1. The highest BCUT2D eigenvalue weighted by atomic mass is 31.1. The second-order valence-electron chi connectivity index (χ2n) is 4.87. The van der Waals surface area contributed by atoms with Gasteiger partial charge in [0.25, 0.3) is 0 Å². The van der Waals surface area contributed by atoms with Crippen LogP contribution in [-0.2, 0) is 16.0 Å². The quantitative estimate of drug-likeness (QED) is 0.664. The van der Waals surface area contributed by atoms with Crippen molar-refractivity contribution in [2.75, 3.05) is 24.6 Å². The van der Waals surface area contributed by atoms with E-state index in [2.05, 4.69) is 5.32 Å². The molecule has 1 aliphatic heterocycles. The number of benzene rings is 1. The van der Waals surface area contributed by atoms with Crippen LogP contribution in [0.4, 0.5) is 5.69 Å². The van der Waals surface area contributed by atoms with Crippen LogP contribution in [0.2, 0.25) is 0 Å². The Kier molecular flexibility index (Phi) is 5.77. The molecule has 1 aromatic rings. The second-order valence-corrected chi connectivity index (χ2v) is 6.43. The molecule has 0 aliphatic carbocycles. The molecule has 0 radical (unpaired) electrons. The van der Waals surface area contributed by atoms with Gasteiger partial charge < -0.3 is 20.9 Å². The first-order valence-electron chi connectivity index (χ1n) is 6.81. The molecule has 1 heterocycles. The minimum absolute atomic E-state index is 0.350. The fourth-order valence-electron chi connectivity index (χ4n) is 2.06. The Morgan fingerprint density at radius 3 is 2.85 bits per heavy atom. The maximum Gasteiger partial charge on any atom is 0.320 e. The minimum Gasteiger partial charge on any atom is -0.480 e.